The molecule has 11 nitrogen and oxygen atoms in total. The number of fused-ring (bicyclic) bond motifs is 3. The molecule has 11 heteroatoms. The molecule has 1 aliphatic heterocycles. The number of hydrogen-bond donors (Lipinski definition) is 2. The standard InChI is InChI=1S/C31H33N7O4/c1-21(2)27-29-35-28(22-8-4-3-5-9-22)36-38(29)16-17-42-25-12-6-10-23(18-25)30(40)33-14-15-37(20-26(39)34-27)31(41)24-11-7-13-32-19-24/h3-13,18-19,21,27H,14-17,20H2,1-2H3,(H,33,40)(H,34,39)/t27-/m0/s1. The van der Waals surface area contributed by atoms with Crippen LogP contribution < -0.4 is 15.4 Å². The zero-order valence-corrected chi connectivity index (χ0v) is 23.6. The largest absolute Gasteiger partial charge is 0.492 e. The number of aromatic nitrogens is 4. The van der Waals surface area contributed by atoms with Gasteiger partial charge in [0, 0.05) is 36.6 Å². The Kier molecular flexibility index (Phi) is 8.86. The summed E-state index contributed by atoms with van der Waals surface area (Å²) in [4.78, 5) is 50.0. The predicted octanol–water partition coefficient (Wildman–Crippen LogP) is 3.12. The Morgan fingerprint density at radius 1 is 1.00 bits per heavy atom. The second-order valence-corrected chi connectivity index (χ2v) is 10.3. The highest BCUT2D eigenvalue weighted by Gasteiger charge is 2.28. The van der Waals surface area contributed by atoms with Gasteiger partial charge in [0.25, 0.3) is 11.8 Å². The topological polar surface area (TPSA) is 131 Å². The van der Waals surface area contributed by atoms with Crippen LogP contribution in [0.5, 0.6) is 5.75 Å². The lowest BCUT2D eigenvalue weighted by atomic mass is 10.0. The van der Waals surface area contributed by atoms with Gasteiger partial charge in [0.1, 0.15) is 12.4 Å². The minimum absolute atomic E-state index is 0.0398. The lowest BCUT2D eigenvalue weighted by Gasteiger charge is -2.26. The first-order chi connectivity index (χ1) is 20.4. The highest BCUT2D eigenvalue weighted by atomic mass is 16.5. The fraction of sp³-hybridized carbons (Fsp3) is 0.290. The molecule has 3 heterocycles. The second-order valence-electron chi connectivity index (χ2n) is 10.3. The molecule has 0 fully saturated rings. The molecule has 5 rings (SSSR count). The van der Waals surface area contributed by atoms with Crippen LogP contribution in [0.3, 0.4) is 0 Å². The quantitative estimate of drug-likeness (QED) is 0.389. The number of carbonyl (C=O) groups is 3. The van der Waals surface area contributed by atoms with E-state index < -0.39 is 6.04 Å². The van der Waals surface area contributed by atoms with Crippen LogP contribution >= 0.6 is 0 Å². The van der Waals surface area contributed by atoms with Crippen molar-refractivity contribution in [1.29, 1.82) is 0 Å². The first-order valence-electron chi connectivity index (χ1n) is 13.9. The van der Waals surface area contributed by atoms with Crippen LogP contribution in [0, 0.1) is 5.92 Å². The van der Waals surface area contributed by atoms with Crippen molar-refractivity contribution < 1.29 is 19.1 Å². The molecule has 216 valence electrons. The van der Waals surface area contributed by atoms with E-state index in [-0.39, 0.29) is 49.9 Å². The van der Waals surface area contributed by atoms with Crippen LogP contribution in [0.25, 0.3) is 11.4 Å². The average molecular weight is 568 g/mol. The number of carbonyl (C=O) groups excluding carboxylic acids is 3. The maximum atomic E-state index is 13.5. The number of nitrogens with zero attached hydrogens (tertiary/aromatic N) is 5. The molecule has 0 unspecified atom stereocenters. The van der Waals surface area contributed by atoms with Crippen LogP contribution in [-0.2, 0) is 11.3 Å². The fourth-order valence-electron chi connectivity index (χ4n) is 4.69. The number of hydrogen-bond acceptors (Lipinski definition) is 7. The maximum absolute atomic E-state index is 13.5. The van der Waals surface area contributed by atoms with Gasteiger partial charge in [-0.15, -0.1) is 0 Å². The SMILES string of the molecule is CC(C)[C@@H]1NC(=O)CN(C(=O)c2cccnc2)CCNC(=O)c2cccc(c2)OCCn2nc(-c3ccccc3)nc21. The van der Waals surface area contributed by atoms with E-state index in [0.717, 1.165) is 5.56 Å². The molecule has 2 N–H and O–H groups in total. The molecule has 0 spiro atoms. The highest BCUT2D eigenvalue weighted by molar-refractivity contribution is 5.96. The summed E-state index contributed by atoms with van der Waals surface area (Å²) in [6.45, 7) is 4.65. The zero-order valence-electron chi connectivity index (χ0n) is 23.6. The Bertz CT molecular complexity index is 1540. The Morgan fingerprint density at radius 2 is 1.81 bits per heavy atom. The van der Waals surface area contributed by atoms with Crippen molar-refractivity contribution in [3.05, 3.63) is 96.1 Å². The Hall–Kier alpha value is -5.06. The summed E-state index contributed by atoms with van der Waals surface area (Å²) >= 11 is 0. The number of nitrogens with one attached hydrogen (secondary N) is 2. The van der Waals surface area contributed by atoms with E-state index in [2.05, 4.69) is 15.6 Å². The molecule has 0 aliphatic carbocycles. The number of rotatable bonds is 3. The van der Waals surface area contributed by atoms with Crippen molar-refractivity contribution in [2.45, 2.75) is 26.4 Å². The van der Waals surface area contributed by atoms with Crippen molar-refractivity contribution in [3.63, 3.8) is 0 Å². The van der Waals surface area contributed by atoms with E-state index in [1.165, 1.54) is 11.1 Å². The molecular weight excluding hydrogens is 534 g/mol. The van der Waals surface area contributed by atoms with Crippen LogP contribution in [0.2, 0.25) is 0 Å². The van der Waals surface area contributed by atoms with Gasteiger partial charge in [0.2, 0.25) is 5.91 Å². The monoisotopic (exact) mass is 567 g/mol. The summed E-state index contributed by atoms with van der Waals surface area (Å²) in [6, 6.07) is 19.3. The van der Waals surface area contributed by atoms with Crippen molar-refractivity contribution >= 4 is 17.7 Å². The van der Waals surface area contributed by atoms with Crippen molar-refractivity contribution in [2.75, 3.05) is 26.2 Å². The molecule has 42 heavy (non-hydrogen) atoms. The normalized spacial score (nSPS) is 16.5. The zero-order chi connectivity index (χ0) is 29.5. The van der Waals surface area contributed by atoms with Gasteiger partial charge in [-0.2, -0.15) is 5.10 Å². The molecule has 2 aromatic carbocycles. The van der Waals surface area contributed by atoms with Crippen LogP contribution in [-0.4, -0.2) is 68.6 Å². The van der Waals surface area contributed by atoms with Crippen LogP contribution in [0.4, 0.5) is 0 Å². The molecule has 3 amide bonds. The lowest BCUT2D eigenvalue weighted by molar-refractivity contribution is -0.123. The van der Waals surface area contributed by atoms with Gasteiger partial charge >= 0.3 is 0 Å². The Balaban J connectivity index is 1.50. The number of pyridine rings is 1. The van der Waals surface area contributed by atoms with Crippen molar-refractivity contribution in [1.82, 2.24) is 35.3 Å². The molecule has 1 aliphatic rings. The predicted molar refractivity (Wildman–Crippen MR) is 156 cm³/mol. The summed E-state index contributed by atoms with van der Waals surface area (Å²) < 4.78 is 7.74. The Morgan fingerprint density at radius 3 is 2.57 bits per heavy atom. The van der Waals surface area contributed by atoms with E-state index in [0.29, 0.717) is 35.1 Å². The summed E-state index contributed by atoms with van der Waals surface area (Å²) in [7, 11) is 0. The third-order valence-corrected chi connectivity index (χ3v) is 6.86. The summed E-state index contributed by atoms with van der Waals surface area (Å²) in [6.07, 6.45) is 3.03. The first-order valence-corrected chi connectivity index (χ1v) is 13.9. The molecular formula is C31H33N7O4. The van der Waals surface area contributed by atoms with Gasteiger partial charge in [-0.05, 0) is 36.2 Å². The van der Waals surface area contributed by atoms with Gasteiger partial charge in [-0.1, -0.05) is 50.2 Å². The molecule has 0 radical (unpaired) electrons. The van der Waals surface area contributed by atoms with E-state index in [4.69, 9.17) is 14.8 Å². The molecule has 1 atom stereocenters. The highest BCUT2D eigenvalue weighted by Crippen LogP contribution is 2.24. The average Bonchev–Trinajstić information content (AvgIpc) is 3.43. The van der Waals surface area contributed by atoms with Gasteiger partial charge in [0.05, 0.1) is 24.7 Å². The van der Waals surface area contributed by atoms with E-state index >= 15 is 0 Å². The van der Waals surface area contributed by atoms with Crippen molar-refractivity contribution in [3.8, 4) is 17.1 Å². The molecule has 0 saturated carbocycles. The second kappa shape index (κ2) is 13.1. The minimum Gasteiger partial charge on any atom is -0.492 e. The third-order valence-electron chi connectivity index (χ3n) is 6.86. The van der Waals surface area contributed by atoms with E-state index in [9.17, 15) is 14.4 Å². The smallest absolute Gasteiger partial charge is 0.255 e. The van der Waals surface area contributed by atoms with Gasteiger partial charge in [-0.25, -0.2) is 9.67 Å². The summed E-state index contributed by atoms with van der Waals surface area (Å²) in [5.74, 6) is 0.583. The van der Waals surface area contributed by atoms with Gasteiger partial charge < -0.3 is 20.3 Å². The fourth-order valence-corrected chi connectivity index (χ4v) is 4.69. The Labute approximate surface area is 243 Å². The first kappa shape index (κ1) is 28.5. The molecule has 4 aromatic rings. The van der Waals surface area contributed by atoms with Gasteiger partial charge in [-0.3, -0.25) is 19.4 Å². The number of amides is 3. The minimum atomic E-state index is -0.489. The van der Waals surface area contributed by atoms with Crippen LogP contribution in [0.15, 0.2) is 79.1 Å². The summed E-state index contributed by atoms with van der Waals surface area (Å²) in [5, 5.41) is 10.7. The summed E-state index contributed by atoms with van der Waals surface area (Å²) in [5.41, 5.74) is 1.62. The maximum Gasteiger partial charge on any atom is 0.255 e. The molecule has 2 aromatic heterocycles. The lowest BCUT2D eigenvalue weighted by Crippen LogP contribution is -2.46. The van der Waals surface area contributed by atoms with E-state index in [1.807, 2.05) is 44.2 Å². The molecule has 2 bridgehead atoms. The number of ether oxygens (including phenoxy) is 1. The third kappa shape index (κ3) is 6.80. The van der Waals surface area contributed by atoms with Crippen LogP contribution in [0.1, 0.15) is 46.4 Å². The molecule has 0 saturated heterocycles. The number of benzene rings is 2. The van der Waals surface area contributed by atoms with Crippen molar-refractivity contribution in [2.24, 2.45) is 5.92 Å². The van der Waals surface area contributed by atoms with E-state index in [1.54, 1.807) is 47.3 Å². The van der Waals surface area contributed by atoms with Gasteiger partial charge in [0.15, 0.2) is 11.6 Å².